The Bertz CT molecular complexity index is 568. The molecule has 0 unspecified atom stereocenters. The molecule has 0 aliphatic rings. The number of hydrogen-bond donors (Lipinski definition) is 2. The predicted molar refractivity (Wildman–Crippen MR) is 77.2 cm³/mol. The van der Waals surface area contributed by atoms with Crippen molar-refractivity contribution < 1.29 is 9.32 Å². The number of carbonyl (C=O) groups is 1. The van der Waals surface area contributed by atoms with Gasteiger partial charge in [-0.1, -0.05) is 17.3 Å². The molecule has 5 heteroatoms. The molecule has 0 bridgehead atoms. The first kappa shape index (κ1) is 14.1. The van der Waals surface area contributed by atoms with Gasteiger partial charge in [-0.3, -0.25) is 4.79 Å². The van der Waals surface area contributed by atoms with Gasteiger partial charge < -0.3 is 15.6 Å². The number of rotatable bonds is 5. The van der Waals surface area contributed by atoms with Gasteiger partial charge in [0.15, 0.2) is 0 Å². The number of carbonyl (C=O) groups excluding carboxylic acids is 1. The standard InChI is InChI=1S/C15H19N3O2/c1-10-14(11(2)20-18-10)7-8-17-15(19)9-12-3-5-13(16)6-4-12/h3-6H,7-9,16H2,1-2H3,(H,17,19). The van der Waals surface area contributed by atoms with Crippen molar-refractivity contribution >= 4 is 11.6 Å². The van der Waals surface area contributed by atoms with Gasteiger partial charge in [-0.2, -0.15) is 0 Å². The van der Waals surface area contributed by atoms with Gasteiger partial charge in [0.05, 0.1) is 12.1 Å². The summed E-state index contributed by atoms with van der Waals surface area (Å²) in [4.78, 5) is 11.8. The third kappa shape index (κ3) is 3.60. The van der Waals surface area contributed by atoms with Gasteiger partial charge in [0, 0.05) is 17.8 Å². The van der Waals surface area contributed by atoms with Crippen LogP contribution in [0.5, 0.6) is 0 Å². The van der Waals surface area contributed by atoms with Crippen LogP contribution in [0, 0.1) is 13.8 Å². The van der Waals surface area contributed by atoms with E-state index < -0.39 is 0 Å². The third-order valence-electron chi connectivity index (χ3n) is 3.22. The maximum absolute atomic E-state index is 11.8. The molecule has 1 amide bonds. The summed E-state index contributed by atoms with van der Waals surface area (Å²) in [5.74, 6) is 0.816. The van der Waals surface area contributed by atoms with E-state index in [-0.39, 0.29) is 5.91 Å². The van der Waals surface area contributed by atoms with Crippen molar-refractivity contribution in [3.8, 4) is 0 Å². The largest absolute Gasteiger partial charge is 0.399 e. The van der Waals surface area contributed by atoms with Crippen LogP contribution in [0.25, 0.3) is 0 Å². The zero-order chi connectivity index (χ0) is 14.5. The normalized spacial score (nSPS) is 10.5. The lowest BCUT2D eigenvalue weighted by molar-refractivity contribution is -0.120. The number of benzene rings is 1. The number of amides is 1. The molecular formula is C15H19N3O2. The highest BCUT2D eigenvalue weighted by molar-refractivity contribution is 5.78. The summed E-state index contributed by atoms with van der Waals surface area (Å²) in [5.41, 5.74) is 9.21. The highest BCUT2D eigenvalue weighted by atomic mass is 16.5. The first-order chi connectivity index (χ1) is 9.56. The van der Waals surface area contributed by atoms with Gasteiger partial charge in [0.2, 0.25) is 5.91 Å². The van der Waals surface area contributed by atoms with Crippen LogP contribution in [0.1, 0.15) is 22.6 Å². The van der Waals surface area contributed by atoms with Gasteiger partial charge in [-0.25, -0.2) is 0 Å². The second-order valence-electron chi connectivity index (χ2n) is 4.82. The summed E-state index contributed by atoms with van der Waals surface area (Å²) in [5, 5.41) is 6.79. The Morgan fingerprint density at radius 2 is 2.00 bits per heavy atom. The van der Waals surface area contributed by atoms with E-state index in [1.54, 1.807) is 12.1 Å². The lowest BCUT2D eigenvalue weighted by Gasteiger charge is -2.05. The summed E-state index contributed by atoms with van der Waals surface area (Å²) in [7, 11) is 0. The van der Waals surface area contributed by atoms with Crippen LogP contribution in [-0.2, 0) is 17.6 Å². The van der Waals surface area contributed by atoms with E-state index in [4.69, 9.17) is 10.3 Å². The van der Waals surface area contributed by atoms with Crippen LogP contribution < -0.4 is 11.1 Å². The minimum atomic E-state index is 0.00142. The second-order valence-corrected chi connectivity index (χ2v) is 4.82. The van der Waals surface area contributed by atoms with E-state index in [1.807, 2.05) is 26.0 Å². The van der Waals surface area contributed by atoms with E-state index in [1.165, 1.54) is 0 Å². The Balaban J connectivity index is 1.79. The number of nitrogens with two attached hydrogens (primary N) is 1. The first-order valence-electron chi connectivity index (χ1n) is 6.59. The van der Waals surface area contributed by atoms with Crippen molar-refractivity contribution in [3.63, 3.8) is 0 Å². The average Bonchev–Trinajstić information content (AvgIpc) is 2.73. The summed E-state index contributed by atoms with van der Waals surface area (Å²) < 4.78 is 5.09. The van der Waals surface area contributed by atoms with Gasteiger partial charge in [-0.15, -0.1) is 0 Å². The fraction of sp³-hybridized carbons (Fsp3) is 0.333. The lowest BCUT2D eigenvalue weighted by Crippen LogP contribution is -2.27. The smallest absolute Gasteiger partial charge is 0.224 e. The Hall–Kier alpha value is -2.30. The van der Waals surface area contributed by atoms with Crippen LogP contribution in [0.2, 0.25) is 0 Å². The Morgan fingerprint density at radius 3 is 2.60 bits per heavy atom. The van der Waals surface area contributed by atoms with Gasteiger partial charge in [0.25, 0.3) is 0 Å². The number of hydrogen-bond acceptors (Lipinski definition) is 4. The number of anilines is 1. The molecule has 20 heavy (non-hydrogen) atoms. The topological polar surface area (TPSA) is 81.2 Å². The molecule has 106 valence electrons. The van der Waals surface area contributed by atoms with Crippen molar-refractivity contribution in [2.75, 3.05) is 12.3 Å². The number of aromatic nitrogens is 1. The van der Waals surface area contributed by atoms with E-state index in [0.29, 0.717) is 18.7 Å². The molecular weight excluding hydrogens is 254 g/mol. The molecule has 0 aliphatic carbocycles. The average molecular weight is 273 g/mol. The molecule has 1 heterocycles. The quantitative estimate of drug-likeness (QED) is 0.814. The van der Waals surface area contributed by atoms with Crippen molar-refractivity contribution in [2.24, 2.45) is 0 Å². The molecule has 1 aromatic carbocycles. The lowest BCUT2D eigenvalue weighted by atomic mass is 10.1. The van der Waals surface area contributed by atoms with Gasteiger partial charge in [-0.05, 0) is 38.0 Å². The number of nitrogens with one attached hydrogen (secondary N) is 1. The van der Waals surface area contributed by atoms with Crippen molar-refractivity contribution in [2.45, 2.75) is 26.7 Å². The zero-order valence-electron chi connectivity index (χ0n) is 11.8. The number of aryl methyl sites for hydroxylation is 2. The van der Waals surface area contributed by atoms with Crippen LogP contribution in [0.4, 0.5) is 5.69 Å². The highest BCUT2D eigenvalue weighted by Gasteiger charge is 2.09. The summed E-state index contributed by atoms with van der Waals surface area (Å²) in [6, 6.07) is 7.32. The van der Waals surface area contributed by atoms with Crippen LogP contribution in [-0.4, -0.2) is 17.6 Å². The molecule has 1 aromatic heterocycles. The molecule has 3 N–H and O–H groups in total. The molecule has 0 fully saturated rings. The van der Waals surface area contributed by atoms with Crippen LogP contribution in [0.3, 0.4) is 0 Å². The fourth-order valence-corrected chi connectivity index (χ4v) is 2.07. The van der Waals surface area contributed by atoms with Gasteiger partial charge >= 0.3 is 0 Å². The molecule has 0 aliphatic heterocycles. The minimum absolute atomic E-state index is 0.00142. The third-order valence-corrected chi connectivity index (χ3v) is 3.22. The first-order valence-corrected chi connectivity index (χ1v) is 6.59. The van der Waals surface area contributed by atoms with Crippen LogP contribution >= 0.6 is 0 Å². The van der Waals surface area contributed by atoms with E-state index >= 15 is 0 Å². The molecule has 0 spiro atoms. The van der Waals surface area contributed by atoms with Crippen molar-refractivity contribution in [1.82, 2.24) is 10.5 Å². The summed E-state index contributed by atoms with van der Waals surface area (Å²) >= 11 is 0. The fourth-order valence-electron chi connectivity index (χ4n) is 2.07. The molecule has 0 saturated carbocycles. The predicted octanol–water partition coefficient (Wildman–Crippen LogP) is 1.78. The number of nitrogens with zero attached hydrogens (tertiary/aromatic N) is 1. The summed E-state index contributed by atoms with van der Waals surface area (Å²) in [6.07, 6.45) is 1.09. The van der Waals surface area contributed by atoms with E-state index in [2.05, 4.69) is 10.5 Å². The summed E-state index contributed by atoms with van der Waals surface area (Å²) in [6.45, 7) is 4.37. The maximum atomic E-state index is 11.8. The van der Waals surface area contributed by atoms with Crippen molar-refractivity contribution in [3.05, 3.63) is 46.8 Å². The molecule has 2 aromatic rings. The Labute approximate surface area is 118 Å². The van der Waals surface area contributed by atoms with Crippen LogP contribution in [0.15, 0.2) is 28.8 Å². The molecule has 0 radical (unpaired) electrons. The number of nitrogen functional groups attached to an aromatic ring is 1. The van der Waals surface area contributed by atoms with Crippen molar-refractivity contribution in [1.29, 1.82) is 0 Å². The molecule has 0 saturated heterocycles. The minimum Gasteiger partial charge on any atom is -0.399 e. The van der Waals surface area contributed by atoms with E-state index in [9.17, 15) is 4.79 Å². The highest BCUT2D eigenvalue weighted by Crippen LogP contribution is 2.12. The Morgan fingerprint density at radius 1 is 1.30 bits per heavy atom. The molecule has 2 rings (SSSR count). The second kappa shape index (κ2) is 6.23. The van der Waals surface area contributed by atoms with E-state index in [0.717, 1.165) is 29.0 Å². The monoisotopic (exact) mass is 273 g/mol. The Kier molecular flexibility index (Phi) is 4.40. The SMILES string of the molecule is Cc1noc(C)c1CCNC(=O)Cc1ccc(N)cc1. The molecule has 5 nitrogen and oxygen atoms in total. The molecule has 0 atom stereocenters. The zero-order valence-corrected chi connectivity index (χ0v) is 11.8. The van der Waals surface area contributed by atoms with Gasteiger partial charge in [0.1, 0.15) is 5.76 Å². The maximum Gasteiger partial charge on any atom is 0.224 e.